The van der Waals surface area contributed by atoms with Crippen LogP contribution in [0.2, 0.25) is 0 Å². The minimum absolute atomic E-state index is 0.0447. The molecular weight excluding hydrogens is 250 g/mol. The summed E-state index contributed by atoms with van der Waals surface area (Å²) in [6, 6.07) is 0.145. The van der Waals surface area contributed by atoms with Gasteiger partial charge in [-0.15, -0.1) is 0 Å². The topological polar surface area (TPSA) is 55.4 Å². The summed E-state index contributed by atoms with van der Waals surface area (Å²) in [5, 5.41) is 3.41. The van der Waals surface area contributed by atoms with Gasteiger partial charge in [0.1, 0.15) is 0 Å². The Balaban J connectivity index is 2.63. The fraction of sp³-hybridized carbons (Fsp3) is 1.00. The Hall–Kier alpha value is -0.130. The molecule has 1 saturated heterocycles. The Kier molecular flexibility index (Phi) is 4.51. The van der Waals surface area contributed by atoms with Gasteiger partial charge in [-0.3, -0.25) is 0 Å². The summed E-state index contributed by atoms with van der Waals surface area (Å²) in [7, 11) is -2.93. The third-order valence-electron chi connectivity index (χ3n) is 3.50. The van der Waals surface area contributed by atoms with Crippen LogP contribution in [0, 0.1) is 0 Å². The average Bonchev–Trinajstić information content (AvgIpc) is 2.33. The fourth-order valence-electron chi connectivity index (χ4n) is 2.71. The second kappa shape index (κ2) is 5.10. The predicted molar refractivity (Wildman–Crippen MR) is 74.6 cm³/mol. The molecule has 18 heavy (non-hydrogen) atoms. The highest BCUT2D eigenvalue weighted by Gasteiger charge is 2.46. The highest BCUT2D eigenvalue weighted by molar-refractivity contribution is 7.91. The highest BCUT2D eigenvalue weighted by Crippen LogP contribution is 2.37. The summed E-state index contributed by atoms with van der Waals surface area (Å²) in [5.41, 5.74) is -0.405. The zero-order valence-corrected chi connectivity index (χ0v) is 13.2. The predicted octanol–water partition coefficient (Wildman–Crippen LogP) is 1.75. The molecule has 108 valence electrons. The molecule has 1 fully saturated rings. The Bertz CT molecular complexity index is 387. The molecule has 2 atom stereocenters. The van der Waals surface area contributed by atoms with Crippen LogP contribution < -0.4 is 5.32 Å². The van der Waals surface area contributed by atoms with Crippen molar-refractivity contribution in [3.05, 3.63) is 0 Å². The zero-order chi connectivity index (χ0) is 14.2. The summed E-state index contributed by atoms with van der Waals surface area (Å²) in [4.78, 5) is 0. The maximum absolute atomic E-state index is 11.6. The smallest absolute Gasteiger partial charge is 0.151 e. The van der Waals surface area contributed by atoms with Gasteiger partial charge in [0, 0.05) is 17.8 Å². The lowest BCUT2D eigenvalue weighted by Gasteiger charge is -2.30. The molecule has 0 spiro atoms. The Morgan fingerprint density at radius 2 is 1.89 bits per heavy atom. The van der Waals surface area contributed by atoms with Crippen molar-refractivity contribution >= 4 is 9.84 Å². The molecule has 1 rings (SSSR count). The van der Waals surface area contributed by atoms with E-state index in [1.165, 1.54) is 0 Å². The van der Waals surface area contributed by atoms with E-state index in [4.69, 9.17) is 4.74 Å². The van der Waals surface area contributed by atoms with E-state index >= 15 is 0 Å². The van der Waals surface area contributed by atoms with E-state index in [-0.39, 0.29) is 34.8 Å². The van der Waals surface area contributed by atoms with Crippen molar-refractivity contribution in [2.75, 3.05) is 11.5 Å². The summed E-state index contributed by atoms with van der Waals surface area (Å²) in [6.07, 6.45) is 0.899. The molecule has 1 aliphatic rings. The van der Waals surface area contributed by atoms with Crippen LogP contribution in [0.25, 0.3) is 0 Å². The Morgan fingerprint density at radius 3 is 2.28 bits per heavy atom. The lowest BCUT2D eigenvalue weighted by Crippen LogP contribution is -2.49. The molecule has 0 amide bonds. The zero-order valence-electron chi connectivity index (χ0n) is 12.4. The monoisotopic (exact) mass is 277 g/mol. The molecule has 0 radical (unpaired) electrons. The number of rotatable bonds is 5. The second-order valence-electron chi connectivity index (χ2n) is 6.49. The van der Waals surface area contributed by atoms with Crippen molar-refractivity contribution < 1.29 is 13.2 Å². The molecule has 0 aliphatic carbocycles. The van der Waals surface area contributed by atoms with Gasteiger partial charge < -0.3 is 10.1 Å². The van der Waals surface area contributed by atoms with Crippen LogP contribution in [0.4, 0.5) is 0 Å². The van der Waals surface area contributed by atoms with E-state index in [0.29, 0.717) is 0 Å². The lowest BCUT2D eigenvalue weighted by atomic mass is 9.94. The summed E-state index contributed by atoms with van der Waals surface area (Å²) in [5.74, 6) is 0.394. The minimum Gasteiger partial charge on any atom is -0.368 e. The van der Waals surface area contributed by atoms with Crippen molar-refractivity contribution in [1.29, 1.82) is 0 Å². The van der Waals surface area contributed by atoms with Gasteiger partial charge >= 0.3 is 0 Å². The van der Waals surface area contributed by atoms with Gasteiger partial charge in [-0.05, 0) is 41.0 Å². The molecule has 1 N–H and O–H groups in total. The Labute approximate surface area is 111 Å². The molecular formula is C13H27NO3S. The number of ether oxygens (including phenoxy) is 1. The summed E-state index contributed by atoms with van der Waals surface area (Å²) < 4.78 is 29.2. The van der Waals surface area contributed by atoms with E-state index in [9.17, 15) is 8.42 Å². The quantitative estimate of drug-likeness (QED) is 0.832. The van der Waals surface area contributed by atoms with E-state index < -0.39 is 9.84 Å². The van der Waals surface area contributed by atoms with Crippen molar-refractivity contribution in [3.8, 4) is 0 Å². The average molecular weight is 277 g/mol. The number of hydrogen-bond donors (Lipinski definition) is 1. The normalized spacial score (nSPS) is 28.2. The second-order valence-corrected chi connectivity index (χ2v) is 8.89. The molecule has 0 unspecified atom stereocenters. The van der Waals surface area contributed by atoms with Crippen molar-refractivity contribution in [1.82, 2.24) is 5.32 Å². The molecule has 0 saturated carbocycles. The van der Waals surface area contributed by atoms with Gasteiger partial charge in [0.15, 0.2) is 9.84 Å². The summed E-state index contributed by atoms with van der Waals surface area (Å²) in [6.45, 7) is 11.9. The van der Waals surface area contributed by atoms with Gasteiger partial charge in [-0.2, -0.15) is 0 Å². The van der Waals surface area contributed by atoms with Crippen LogP contribution in [-0.2, 0) is 14.6 Å². The van der Waals surface area contributed by atoms with Crippen LogP contribution in [-0.4, -0.2) is 43.2 Å². The first-order chi connectivity index (χ1) is 7.97. The number of hydrogen-bond acceptors (Lipinski definition) is 4. The molecule has 0 aromatic carbocycles. The molecule has 0 bridgehead atoms. The number of nitrogens with one attached hydrogen (secondary N) is 1. The van der Waals surface area contributed by atoms with E-state index in [0.717, 1.165) is 6.42 Å². The third kappa shape index (κ3) is 4.21. The SMILES string of the molecule is CCS(=O)(=O)C[C@@H](C)N[C@H]1CC(C)(C)OC1(C)C. The molecule has 5 heteroatoms. The maximum atomic E-state index is 11.6. The first kappa shape index (κ1) is 15.9. The van der Waals surface area contributed by atoms with Crippen LogP contribution in [0.5, 0.6) is 0 Å². The van der Waals surface area contributed by atoms with Gasteiger partial charge in [-0.25, -0.2) is 8.42 Å². The summed E-state index contributed by atoms with van der Waals surface area (Å²) >= 11 is 0. The van der Waals surface area contributed by atoms with Crippen molar-refractivity contribution in [2.24, 2.45) is 0 Å². The van der Waals surface area contributed by atoms with Crippen LogP contribution in [0.3, 0.4) is 0 Å². The van der Waals surface area contributed by atoms with Crippen molar-refractivity contribution in [2.45, 2.75) is 71.2 Å². The first-order valence-corrected chi connectivity index (χ1v) is 8.46. The number of sulfone groups is 1. The van der Waals surface area contributed by atoms with Gasteiger partial charge in [0.2, 0.25) is 0 Å². The Morgan fingerprint density at radius 1 is 1.33 bits per heavy atom. The molecule has 4 nitrogen and oxygen atoms in total. The first-order valence-electron chi connectivity index (χ1n) is 6.64. The maximum Gasteiger partial charge on any atom is 0.151 e. The van der Waals surface area contributed by atoms with Crippen molar-refractivity contribution in [3.63, 3.8) is 0 Å². The largest absolute Gasteiger partial charge is 0.368 e. The van der Waals surface area contributed by atoms with E-state index in [2.05, 4.69) is 33.0 Å². The molecule has 0 aromatic heterocycles. The van der Waals surface area contributed by atoms with Crippen LogP contribution in [0.1, 0.15) is 48.0 Å². The lowest BCUT2D eigenvalue weighted by molar-refractivity contribution is -0.0702. The molecule has 0 aromatic rings. The van der Waals surface area contributed by atoms with E-state index in [1.807, 2.05) is 6.92 Å². The van der Waals surface area contributed by atoms with Gasteiger partial charge in [0.25, 0.3) is 0 Å². The van der Waals surface area contributed by atoms with Crippen LogP contribution in [0.15, 0.2) is 0 Å². The van der Waals surface area contributed by atoms with Gasteiger partial charge in [0.05, 0.1) is 17.0 Å². The van der Waals surface area contributed by atoms with Crippen LogP contribution >= 0.6 is 0 Å². The highest BCUT2D eigenvalue weighted by atomic mass is 32.2. The molecule has 1 aliphatic heterocycles. The fourth-order valence-corrected chi connectivity index (χ4v) is 3.81. The minimum atomic E-state index is -2.93. The van der Waals surface area contributed by atoms with E-state index in [1.54, 1.807) is 6.92 Å². The standard InChI is InChI=1S/C13H27NO3S/c1-7-18(15,16)9-10(2)14-11-8-12(3,4)17-13(11,5)6/h10-11,14H,7-9H2,1-6H3/t10-,11+/m1/s1. The molecule has 1 heterocycles. The third-order valence-corrected chi connectivity index (χ3v) is 5.39. The van der Waals surface area contributed by atoms with Gasteiger partial charge in [-0.1, -0.05) is 6.92 Å².